The van der Waals surface area contributed by atoms with Gasteiger partial charge in [0.15, 0.2) is 0 Å². The van der Waals surface area contributed by atoms with Gasteiger partial charge in [0.1, 0.15) is 5.65 Å². The van der Waals surface area contributed by atoms with Crippen molar-refractivity contribution in [3.63, 3.8) is 0 Å². The zero-order valence-electron chi connectivity index (χ0n) is 13.2. The zero-order valence-corrected chi connectivity index (χ0v) is 13.2. The van der Waals surface area contributed by atoms with Gasteiger partial charge in [0.2, 0.25) is 0 Å². The van der Waals surface area contributed by atoms with Gasteiger partial charge in [-0.05, 0) is 44.5 Å². The lowest BCUT2D eigenvalue weighted by Gasteiger charge is -2.29. The minimum absolute atomic E-state index is 0.650. The molecule has 4 heteroatoms. The van der Waals surface area contributed by atoms with Crippen molar-refractivity contribution in [1.29, 1.82) is 0 Å². The van der Waals surface area contributed by atoms with E-state index in [9.17, 15) is 0 Å². The lowest BCUT2D eigenvalue weighted by Crippen LogP contribution is -2.43. The molecule has 0 radical (unpaired) electrons. The Morgan fingerprint density at radius 3 is 3.05 bits per heavy atom. The second kappa shape index (κ2) is 6.58. The predicted molar refractivity (Wildman–Crippen MR) is 86.5 cm³/mol. The van der Waals surface area contributed by atoms with Crippen LogP contribution in [0, 0.1) is 6.92 Å². The van der Waals surface area contributed by atoms with E-state index in [-0.39, 0.29) is 0 Å². The fourth-order valence-corrected chi connectivity index (χ4v) is 3.21. The fraction of sp³-hybridized carbons (Fsp3) is 0.588. The lowest BCUT2D eigenvalue weighted by molar-refractivity contribution is 0.224. The normalized spacial score (nSPS) is 19.5. The smallest absolute Gasteiger partial charge is 0.139 e. The maximum atomic E-state index is 4.79. The Kier molecular flexibility index (Phi) is 4.56. The van der Waals surface area contributed by atoms with E-state index in [1.165, 1.54) is 37.1 Å². The van der Waals surface area contributed by atoms with E-state index in [0.29, 0.717) is 6.04 Å². The molecule has 4 nitrogen and oxygen atoms in total. The van der Waals surface area contributed by atoms with Crippen LogP contribution in [0.1, 0.15) is 37.4 Å². The minimum atomic E-state index is 0.650. The number of pyridine rings is 1. The summed E-state index contributed by atoms with van der Waals surface area (Å²) in [5.74, 6) is 0. The third-order valence-electron chi connectivity index (χ3n) is 4.45. The monoisotopic (exact) mass is 286 g/mol. The van der Waals surface area contributed by atoms with Crippen molar-refractivity contribution >= 4 is 5.65 Å². The Hall–Kier alpha value is -1.39. The van der Waals surface area contributed by atoms with Crippen LogP contribution in [0.4, 0.5) is 0 Å². The highest BCUT2D eigenvalue weighted by Gasteiger charge is 2.16. The van der Waals surface area contributed by atoms with Gasteiger partial charge in [-0.25, -0.2) is 4.98 Å². The average Bonchev–Trinajstić information content (AvgIpc) is 2.92. The average molecular weight is 286 g/mol. The highest BCUT2D eigenvalue weighted by molar-refractivity contribution is 5.47. The van der Waals surface area contributed by atoms with Gasteiger partial charge in [-0.1, -0.05) is 19.4 Å². The molecule has 3 rings (SSSR count). The molecule has 114 valence electrons. The van der Waals surface area contributed by atoms with Gasteiger partial charge < -0.3 is 9.72 Å². The summed E-state index contributed by atoms with van der Waals surface area (Å²) in [5.41, 5.74) is 3.49. The summed E-state index contributed by atoms with van der Waals surface area (Å²) in [6.45, 7) is 8.68. The molecule has 21 heavy (non-hydrogen) atoms. The Morgan fingerprint density at radius 2 is 2.33 bits per heavy atom. The third-order valence-corrected chi connectivity index (χ3v) is 4.45. The van der Waals surface area contributed by atoms with E-state index in [4.69, 9.17) is 4.98 Å². The largest absolute Gasteiger partial charge is 0.313 e. The molecule has 0 spiro atoms. The van der Waals surface area contributed by atoms with Gasteiger partial charge in [-0.2, -0.15) is 0 Å². The van der Waals surface area contributed by atoms with E-state index in [2.05, 4.69) is 53.0 Å². The maximum Gasteiger partial charge on any atom is 0.139 e. The molecule has 0 aromatic carbocycles. The number of hydrogen-bond donors (Lipinski definition) is 1. The van der Waals surface area contributed by atoms with Crippen LogP contribution in [-0.4, -0.2) is 40.0 Å². The molecule has 0 aliphatic carbocycles. The Balaban J connectivity index is 1.68. The first-order valence-corrected chi connectivity index (χ1v) is 8.15. The van der Waals surface area contributed by atoms with E-state index < -0.39 is 0 Å². The molecule has 2 aromatic heterocycles. The van der Waals surface area contributed by atoms with Crippen LogP contribution in [0.3, 0.4) is 0 Å². The quantitative estimate of drug-likeness (QED) is 0.917. The summed E-state index contributed by atoms with van der Waals surface area (Å²) in [5, 5.41) is 3.64. The minimum Gasteiger partial charge on any atom is -0.313 e. The molecule has 3 heterocycles. The first kappa shape index (κ1) is 14.5. The van der Waals surface area contributed by atoms with E-state index in [1.807, 2.05) is 0 Å². The Labute approximate surface area is 127 Å². The van der Waals surface area contributed by atoms with Crippen molar-refractivity contribution in [3.05, 3.63) is 35.8 Å². The molecule has 1 aliphatic heterocycles. The van der Waals surface area contributed by atoms with Crippen LogP contribution in [-0.2, 0) is 6.54 Å². The predicted octanol–water partition coefficient (Wildman–Crippen LogP) is 2.61. The topological polar surface area (TPSA) is 32.6 Å². The summed E-state index contributed by atoms with van der Waals surface area (Å²) >= 11 is 0. The second-order valence-electron chi connectivity index (χ2n) is 6.13. The number of likely N-dealkylation sites (N-methyl/N-ethyl adjacent to an activating group) is 1. The van der Waals surface area contributed by atoms with Gasteiger partial charge in [0.25, 0.3) is 0 Å². The van der Waals surface area contributed by atoms with Crippen LogP contribution in [0.15, 0.2) is 24.5 Å². The molecule has 1 atom stereocenters. The molecular weight excluding hydrogens is 260 g/mol. The standard InChI is InChI=1S/C17H26N4/c1-3-20(11-15-8-4-5-9-18-15)12-16-13-21-10-6-7-14(2)17(21)19-16/h6-7,10,13,15,18H,3-5,8-9,11-12H2,1-2H3. The number of fused-ring (bicyclic) bond motifs is 1. The number of nitrogens with one attached hydrogen (secondary N) is 1. The van der Waals surface area contributed by atoms with E-state index in [0.717, 1.165) is 25.3 Å². The number of nitrogens with zero attached hydrogens (tertiary/aromatic N) is 3. The van der Waals surface area contributed by atoms with Crippen LogP contribution in [0.2, 0.25) is 0 Å². The number of piperidine rings is 1. The molecule has 0 saturated carbocycles. The van der Waals surface area contributed by atoms with Crippen molar-refractivity contribution in [3.8, 4) is 0 Å². The fourth-order valence-electron chi connectivity index (χ4n) is 3.21. The lowest BCUT2D eigenvalue weighted by atomic mass is 10.0. The van der Waals surface area contributed by atoms with Gasteiger partial charge in [0.05, 0.1) is 5.69 Å². The molecule has 1 aliphatic rings. The number of aromatic nitrogens is 2. The SMILES string of the molecule is CCN(Cc1cn2cccc(C)c2n1)CC1CCCCN1. The van der Waals surface area contributed by atoms with Gasteiger partial charge in [-0.15, -0.1) is 0 Å². The molecule has 1 unspecified atom stereocenters. The van der Waals surface area contributed by atoms with Crippen LogP contribution >= 0.6 is 0 Å². The van der Waals surface area contributed by atoms with E-state index in [1.54, 1.807) is 0 Å². The summed E-state index contributed by atoms with van der Waals surface area (Å²) in [4.78, 5) is 7.29. The molecule has 1 N–H and O–H groups in total. The number of imidazole rings is 1. The first-order valence-electron chi connectivity index (χ1n) is 8.15. The Bertz CT molecular complexity index is 583. The van der Waals surface area contributed by atoms with Crippen molar-refractivity contribution < 1.29 is 0 Å². The van der Waals surface area contributed by atoms with Crippen LogP contribution in [0.25, 0.3) is 5.65 Å². The highest BCUT2D eigenvalue weighted by atomic mass is 15.2. The van der Waals surface area contributed by atoms with Crippen LogP contribution in [0.5, 0.6) is 0 Å². The highest BCUT2D eigenvalue weighted by Crippen LogP contribution is 2.13. The second-order valence-corrected chi connectivity index (χ2v) is 6.13. The first-order chi connectivity index (χ1) is 10.3. The summed E-state index contributed by atoms with van der Waals surface area (Å²) in [6, 6.07) is 4.85. The van der Waals surface area contributed by atoms with Gasteiger partial charge in [-0.3, -0.25) is 4.90 Å². The number of aryl methyl sites for hydroxylation is 1. The number of rotatable bonds is 5. The summed E-state index contributed by atoms with van der Waals surface area (Å²) < 4.78 is 2.14. The summed E-state index contributed by atoms with van der Waals surface area (Å²) in [7, 11) is 0. The van der Waals surface area contributed by atoms with Crippen LogP contribution < -0.4 is 5.32 Å². The molecule has 2 aromatic rings. The molecule has 0 amide bonds. The third kappa shape index (κ3) is 3.44. The van der Waals surface area contributed by atoms with Gasteiger partial charge in [0, 0.05) is 31.5 Å². The van der Waals surface area contributed by atoms with Crippen molar-refractivity contribution in [2.24, 2.45) is 0 Å². The van der Waals surface area contributed by atoms with Crippen molar-refractivity contribution in [2.75, 3.05) is 19.6 Å². The van der Waals surface area contributed by atoms with Crippen molar-refractivity contribution in [2.45, 2.75) is 45.7 Å². The van der Waals surface area contributed by atoms with Gasteiger partial charge >= 0.3 is 0 Å². The zero-order chi connectivity index (χ0) is 14.7. The molecule has 1 fully saturated rings. The van der Waals surface area contributed by atoms with Crippen molar-refractivity contribution in [1.82, 2.24) is 19.6 Å². The molecule has 1 saturated heterocycles. The Morgan fingerprint density at radius 1 is 1.43 bits per heavy atom. The maximum absolute atomic E-state index is 4.79. The summed E-state index contributed by atoms with van der Waals surface area (Å²) in [6.07, 6.45) is 8.25. The molecular formula is C17H26N4. The van der Waals surface area contributed by atoms with E-state index >= 15 is 0 Å². The molecule has 0 bridgehead atoms. The number of hydrogen-bond acceptors (Lipinski definition) is 3.